The molecule has 0 fully saturated rings. The zero-order valence-electron chi connectivity index (χ0n) is 38.0. The van der Waals surface area contributed by atoms with Crippen molar-refractivity contribution in [3.8, 4) is 11.5 Å². The van der Waals surface area contributed by atoms with Crippen molar-refractivity contribution in [2.45, 2.75) is 189 Å². The SMILES string of the molecule is CC1=C(c2cc(C(C)(C)C)cc(C(C)(C)C)c2)C(C)(O)C(c2cc(C(C)(C)C)c(O)c(C(C)(C)C)c2)=C(C)C1c1cc(C(C)(C)C)c(O)c(C(C)(C)C)c1. The molecule has 0 aliphatic heterocycles. The minimum absolute atomic E-state index is 0.112. The first kappa shape index (κ1) is 43.4. The average molecular weight is 735 g/mol. The standard InChI is InChI=1S/C51H74O3/c1-29-40(31-24-36(47(9,10)11)43(52)37(25-31)48(12,13)14)30(2)42(33-26-38(49(15,16)17)44(53)39(27-33)50(18,19)20)51(21,54)41(29)32-22-34(45(3,4)5)28-35(23-32)46(6,7)8/h22-28,40,52-54H,1-21H3. The Kier molecular flexibility index (Phi) is 10.8. The maximum Gasteiger partial charge on any atom is 0.123 e. The van der Waals surface area contributed by atoms with Crippen molar-refractivity contribution in [1.29, 1.82) is 0 Å². The highest BCUT2D eigenvalue weighted by atomic mass is 16.3. The van der Waals surface area contributed by atoms with E-state index in [4.69, 9.17) is 0 Å². The molecule has 2 atom stereocenters. The summed E-state index contributed by atoms with van der Waals surface area (Å²) in [5.74, 6) is 0.507. The Morgan fingerprint density at radius 1 is 0.426 bits per heavy atom. The Bertz CT molecular complexity index is 1900. The highest BCUT2D eigenvalue weighted by Crippen LogP contribution is 2.56. The number of aliphatic hydroxyl groups is 1. The molecule has 0 saturated carbocycles. The molecule has 0 aromatic heterocycles. The fraction of sp³-hybridized carbons (Fsp3) is 0.569. The molecule has 3 nitrogen and oxygen atoms in total. The van der Waals surface area contributed by atoms with Crippen molar-refractivity contribution in [3.63, 3.8) is 0 Å². The summed E-state index contributed by atoms with van der Waals surface area (Å²) in [4.78, 5) is 0. The van der Waals surface area contributed by atoms with Gasteiger partial charge in [0.2, 0.25) is 0 Å². The summed E-state index contributed by atoms with van der Waals surface area (Å²) >= 11 is 0. The molecular weight excluding hydrogens is 661 g/mol. The number of hydrogen-bond donors (Lipinski definition) is 3. The van der Waals surface area contributed by atoms with Gasteiger partial charge in [0, 0.05) is 17.0 Å². The van der Waals surface area contributed by atoms with Crippen LogP contribution in [0.2, 0.25) is 0 Å². The monoisotopic (exact) mass is 735 g/mol. The molecule has 0 spiro atoms. The van der Waals surface area contributed by atoms with Gasteiger partial charge >= 0.3 is 0 Å². The van der Waals surface area contributed by atoms with E-state index in [1.54, 1.807) is 0 Å². The minimum Gasteiger partial charge on any atom is -0.507 e. The molecule has 0 amide bonds. The molecule has 4 rings (SSSR count). The molecule has 0 saturated heterocycles. The van der Waals surface area contributed by atoms with Crippen LogP contribution in [-0.4, -0.2) is 20.9 Å². The number of benzene rings is 3. The number of aromatic hydroxyl groups is 2. The lowest BCUT2D eigenvalue weighted by atomic mass is 9.64. The minimum atomic E-state index is -1.38. The van der Waals surface area contributed by atoms with Crippen molar-refractivity contribution in [3.05, 3.63) is 104 Å². The van der Waals surface area contributed by atoms with Crippen molar-refractivity contribution in [1.82, 2.24) is 0 Å². The zero-order chi connectivity index (χ0) is 41.7. The predicted molar refractivity (Wildman–Crippen MR) is 233 cm³/mol. The third-order valence-corrected chi connectivity index (χ3v) is 11.7. The van der Waals surface area contributed by atoms with Gasteiger partial charge in [-0.3, -0.25) is 0 Å². The van der Waals surface area contributed by atoms with Gasteiger partial charge < -0.3 is 15.3 Å². The molecule has 54 heavy (non-hydrogen) atoms. The number of allylic oxidation sites excluding steroid dienone is 2. The molecule has 296 valence electrons. The first-order valence-electron chi connectivity index (χ1n) is 20.1. The van der Waals surface area contributed by atoms with Crippen molar-refractivity contribution in [2.75, 3.05) is 0 Å². The quantitative estimate of drug-likeness (QED) is 0.251. The smallest absolute Gasteiger partial charge is 0.123 e. The van der Waals surface area contributed by atoms with Crippen LogP contribution in [0.1, 0.15) is 201 Å². The lowest BCUT2D eigenvalue weighted by molar-refractivity contribution is 0.180. The summed E-state index contributed by atoms with van der Waals surface area (Å²) in [7, 11) is 0. The number of phenolic OH excluding ortho intramolecular Hbond substituents is 2. The fourth-order valence-electron chi connectivity index (χ4n) is 8.55. The van der Waals surface area contributed by atoms with Crippen LogP contribution in [0.15, 0.2) is 53.6 Å². The second-order valence-electron chi connectivity index (χ2n) is 22.8. The largest absolute Gasteiger partial charge is 0.507 e. The number of phenols is 2. The zero-order valence-corrected chi connectivity index (χ0v) is 38.0. The summed E-state index contributed by atoms with van der Waals surface area (Å²) in [6, 6.07) is 15.6. The summed E-state index contributed by atoms with van der Waals surface area (Å²) in [6.45, 7) is 45.7. The van der Waals surface area contributed by atoms with E-state index in [0.717, 1.165) is 61.2 Å². The summed E-state index contributed by atoms with van der Waals surface area (Å²) in [5, 5.41) is 37.1. The van der Waals surface area contributed by atoms with E-state index in [9.17, 15) is 15.3 Å². The second kappa shape index (κ2) is 13.4. The molecule has 3 aromatic carbocycles. The highest BCUT2D eigenvalue weighted by Gasteiger charge is 2.44. The molecule has 2 unspecified atom stereocenters. The molecule has 3 aromatic rings. The van der Waals surface area contributed by atoms with Gasteiger partial charge in [-0.2, -0.15) is 0 Å². The maximum atomic E-state index is 13.4. The normalized spacial score (nSPS) is 19.6. The first-order valence-corrected chi connectivity index (χ1v) is 20.1. The van der Waals surface area contributed by atoms with Crippen LogP contribution < -0.4 is 0 Å². The Balaban J connectivity index is 2.31. The van der Waals surface area contributed by atoms with Gasteiger partial charge in [0.15, 0.2) is 0 Å². The third-order valence-electron chi connectivity index (χ3n) is 11.7. The lowest BCUT2D eigenvalue weighted by Crippen LogP contribution is -2.35. The van der Waals surface area contributed by atoms with Gasteiger partial charge in [-0.15, -0.1) is 0 Å². The predicted octanol–water partition coefficient (Wildman–Crippen LogP) is 13.7. The molecule has 0 heterocycles. The van der Waals surface area contributed by atoms with Gasteiger partial charge in [-0.25, -0.2) is 0 Å². The average Bonchev–Trinajstić information content (AvgIpc) is 2.94. The molecule has 1 aliphatic carbocycles. The highest BCUT2D eigenvalue weighted by molar-refractivity contribution is 5.96. The second-order valence-corrected chi connectivity index (χ2v) is 22.8. The lowest BCUT2D eigenvalue weighted by Gasteiger charge is -2.43. The summed E-state index contributed by atoms with van der Waals surface area (Å²) in [5.41, 5.74) is 10.2. The van der Waals surface area contributed by atoms with Crippen molar-refractivity contribution in [2.24, 2.45) is 0 Å². The Morgan fingerprint density at radius 2 is 0.704 bits per heavy atom. The Labute approximate surface area is 330 Å². The van der Waals surface area contributed by atoms with E-state index in [-0.39, 0.29) is 38.4 Å². The number of hydrogen-bond acceptors (Lipinski definition) is 3. The Hall–Kier alpha value is -3.30. The van der Waals surface area contributed by atoms with E-state index < -0.39 is 5.60 Å². The van der Waals surface area contributed by atoms with Crippen molar-refractivity contribution >= 4 is 11.1 Å². The van der Waals surface area contributed by atoms with E-state index in [2.05, 4.69) is 181 Å². The molecule has 0 bridgehead atoms. The van der Waals surface area contributed by atoms with Gasteiger partial charge in [-0.05, 0) is 115 Å². The van der Waals surface area contributed by atoms with E-state index in [0.29, 0.717) is 11.5 Å². The van der Waals surface area contributed by atoms with E-state index >= 15 is 0 Å². The van der Waals surface area contributed by atoms with Crippen LogP contribution in [0.5, 0.6) is 11.5 Å². The molecule has 0 radical (unpaired) electrons. The van der Waals surface area contributed by atoms with Crippen LogP contribution in [0.25, 0.3) is 11.1 Å². The summed E-state index contributed by atoms with van der Waals surface area (Å²) < 4.78 is 0. The van der Waals surface area contributed by atoms with Crippen LogP contribution in [0.3, 0.4) is 0 Å². The third kappa shape index (κ3) is 8.14. The molecule has 3 N–H and O–H groups in total. The van der Waals surface area contributed by atoms with Gasteiger partial charge in [0.25, 0.3) is 0 Å². The van der Waals surface area contributed by atoms with E-state index in [1.807, 2.05) is 6.92 Å². The van der Waals surface area contributed by atoms with Gasteiger partial charge in [0.1, 0.15) is 17.1 Å². The maximum absolute atomic E-state index is 13.4. The molecule has 1 aliphatic rings. The topological polar surface area (TPSA) is 60.7 Å². The van der Waals surface area contributed by atoms with Gasteiger partial charge in [0.05, 0.1) is 0 Å². The Morgan fingerprint density at radius 3 is 0.981 bits per heavy atom. The van der Waals surface area contributed by atoms with Crippen molar-refractivity contribution < 1.29 is 15.3 Å². The molecule has 3 heteroatoms. The molecular formula is C51H74O3. The first-order chi connectivity index (χ1) is 24.0. The summed E-state index contributed by atoms with van der Waals surface area (Å²) in [6.07, 6.45) is 0. The van der Waals surface area contributed by atoms with E-state index in [1.165, 1.54) is 11.1 Å². The van der Waals surface area contributed by atoms with Gasteiger partial charge in [-0.1, -0.05) is 166 Å². The van der Waals surface area contributed by atoms with Crippen LogP contribution in [0.4, 0.5) is 0 Å². The van der Waals surface area contributed by atoms with Crippen LogP contribution in [-0.2, 0) is 32.5 Å². The van der Waals surface area contributed by atoms with Crippen LogP contribution >= 0.6 is 0 Å². The number of rotatable bonds is 3. The van der Waals surface area contributed by atoms with Crippen LogP contribution in [0, 0.1) is 0 Å². The fourth-order valence-corrected chi connectivity index (χ4v) is 8.55.